The van der Waals surface area contributed by atoms with Gasteiger partial charge in [0.2, 0.25) is 5.91 Å². The van der Waals surface area contributed by atoms with Crippen LogP contribution in [0.1, 0.15) is 18.9 Å². The zero-order chi connectivity index (χ0) is 16.7. The highest BCUT2D eigenvalue weighted by Crippen LogP contribution is 2.13. The van der Waals surface area contributed by atoms with Crippen LogP contribution in [-0.4, -0.2) is 35.3 Å². The van der Waals surface area contributed by atoms with E-state index in [1.54, 1.807) is 6.92 Å². The maximum atomic E-state index is 11.9. The van der Waals surface area contributed by atoms with Crippen LogP contribution in [0.4, 0.5) is 4.79 Å². The Hall–Kier alpha value is -2.09. The fraction of sp³-hybridized carbons (Fsp3) is 0.400. The van der Waals surface area contributed by atoms with Gasteiger partial charge in [0.15, 0.2) is 6.10 Å². The molecule has 0 fully saturated rings. The fourth-order valence-corrected chi connectivity index (χ4v) is 2.32. The number of halogens is 1. The number of hydrogen-bond donors (Lipinski definition) is 2. The highest BCUT2D eigenvalue weighted by atomic mass is 79.9. The highest BCUT2D eigenvalue weighted by Gasteiger charge is 2.22. The molecule has 23 heavy (non-hydrogen) atoms. The molecular formula is C15H18BrN3O4. The molecule has 1 aliphatic heterocycles. The maximum Gasteiger partial charge on any atom is 0.408 e. The number of oxime groups is 1. The molecule has 0 bridgehead atoms. The van der Waals surface area contributed by atoms with Gasteiger partial charge in [-0.05, 0) is 28.4 Å². The molecule has 2 amide bonds. The van der Waals surface area contributed by atoms with E-state index < -0.39 is 12.1 Å². The standard InChI is InChI=1S/C15H18BrN3O4/c1-10(14(20)17-8-12-7-13(16)19-23-12)18-15(21)22-9-11-5-3-2-4-6-11/h2-6,10,12H,7-9H2,1H3,(H,17,20)(H,18,21)/t10-,12?/m0/s1. The molecule has 1 aromatic carbocycles. The van der Waals surface area contributed by atoms with Crippen LogP contribution in [0.5, 0.6) is 0 Å². The summed E-state index contributed by atoms with van der Waals surface area (Å²) in [7, 11) is 0. The normalized spacial score (nSPS) is 17.7. The van der Waals surface area contributed by atoms with E-state index >= 15 is 0 Å². The lowest BCUT2D eigenvalue weighted by Crippen LogP contribution is -2.46. The highest BCUT2D eigenvalue weighted by molar-refractivity contribution is 9.18. The van der Waals surface area contributed by atoms with Crippen molar-refractivity contribution in [1.82, 2.24) is 10.6 Å². The summed E-state index contributed by atoms with van der Waals surface area (Å²) in [5.74, 6) is -0.312. The Morgan fingerprint density at radius 3 is 2.83 bits per heavy atom. The lowest BCUT2D eigenvalue weighted by Gasteiger charge is -2.15. The molecule has 1 aromatic rings. The number of benzene rings is 1. The second-order valence-electron chi connectivity index (χ2n) is 5.07. The summed E-state index contributed by atoms with van der Waals surface area (Å²) in [6.45, 7) is 2.06. The lowest BCUT2D eigenvalue weighted by molar-refractivity contribution is -0.123. The van der Waals surface area contributed by atoms with Gasteiger partial charge in [-0.3, -0.25) is 4.79 Å². The Bertz CT molecular complexity index is 579. The van der Waals surface area contributed by atoms with E-state index in [9.17, 15) is 9.59 Å². The first-order valence-corrected chi connectivity index (χ1v) is 7.97. The molecule has 2 N–H and O–H groups in total. The van der Waals surface area contributed by atoms with E-state index in [4.69, 9.17) is 9.57 Å². The average molecular weight is 384 g/mol. The van der Waals surface area contributed by atoms with Crippen molar-refractivity contribution in [3.63, 3.8) is 0 Å². The predicted molar refractivity (Wildman–Crippen MR) is 88.1 cm³/mol. The summed E-state index contributed by atoms with van der Waals surface area (Å²) in [6, 6.07) is 8.60. The third kappa shape index (κ3) is 5.90. The monoisotopic (exact) mass is 383 g/mol. The third-order valence-corrected chi connectivity index (χ3v) is 3.61. The molecule has 0 aliphatic carbocycles. The van der Waals surface area contributed by atoms with Crippen molar-refractivity contribution >= 4 is 32.6 Å². The number of nitrogens with zero attached hydrogens (tertiary/aromatic N) is 1. The van der Waals surface area contributed by atoms with Gasteiger partial charge in [-0.2, -0.15) is 0 Å². The topological polar surface area (TPSA) is 89.0 Å². The van der Waals surface area contributed by atoms with Crippen molar-refractivity contribution in [3.05, 3.63) is 35.9 Å². The van der Waals surface area contributed by atoms with Crippen LogP contribution >= 0.6 is 15.9 Å². The molecule has 2 atom stereocenters. The van der Waals surface area contributed by atoms with Gasteiger partial charge in [-0.15, -0.1) is 0 Å². The van der Waals surface area contributed by atoms with Crippen molar-refractivity contribution < 1.29 is 19.2 Å². The minimum atomic E-state index is -0.705. The summed E-state index contributed by atoms with van der Waals surface area (Å²) in [6.07, 6.45) is -0.216. The molecule has 7 nitrogen and oxygen atoms in total. The molecule has 0 aromatic heterocycles. The van der Waals surface area contributed by atoms with Crippen LogP contribution in [-0.2, 0) is 21.0 Å². The molecule has 1 unspecified atom stereocenters. The van der Waals surface area contributed by atoms with Gasteiger partial charge >= 0.3 is 6.09 Å². The van der Waals surface area contributed by atoms with Crippen molar-refractivity contribution in [2.45, 2.75) is 32.1 Å². The van der Waals surface area contributed by atoms with Crippen LogP contribution in [0.25, 0.3) is 0 Å². The van der Waals surface area contributed by atoms with Crippen molar-refractivity contribution in [2.75, 3.05) is 6.54 Å². The van der Waals surface area contributed by atoms with E-state index in [2.05, 4.69) is 31.7 Å². The Kier molecular flexibility index (Phi) is 6.40. The number of ether oxygens (including phenoxy) is 1. The van der Waals surface area contributed by atoms with Crippen molar-refractivity contribution in [1.29, 1.82) is 0 Å². The molecule has 1 heterocycles. The van der Waals surface area contributed by atoms with Gasteiger partial charge in [0.05, 0.1) is 6.54 Å². The van der Waals surface area contributed by atoms with Crippen LogP contribution in [0.15, 0.2) is 35.5 Å². The number of carbonyl (C=O) groups excluding carboxylic acids is 2. The van der Waals surface area contributed by atoms with Crippen molar-refractivity contribution in [3.8, 4) is 0 Å². The van der Waals surface area contributed by atoms with E-state index in [-0.39, 0.29) is 18.6 Å². The van der Waals surface area contributed by atoms with Crippen LogP contribution in [0.3, 0.4) is 0 Å². The van der Waals surface area contributed by atoms with E-state index in [0.717, 1.165) is 5.56 Å². The number of alkyl carbamates (subject to hydrolysis) is 1. The number of hydrogen-bond acceptors (Lipinski definition) is 5. The molecule has 124 valence electrons. The first-order valence-electron chi connectivity index (χ1n) is 7.17. The van der Waals surface area contributed by atoms with Crippen LogP contribution < -0.4 is 10.6 Å². The smallest absolute Gasteiger partial charge is 0.408 e. The number of carbonyl (C=O) groups is 2. The van der Waals surface area contributed by atoms with Crippen molar-refractivity contribution in [2.24, 2.45) is 5.16 Å². The number of amides is 2. The second-order valence-corrected chi connectivity index (χ2v) is 5.99. The minimum Gasteiger partial charge on any atom is -0.445 e. The first kappa shape index (κ1) is 17.3. The van der Waals surface area contributed by atoms with Gasteiger partial charge in [0, 0.05) is 6.42 Å². The molecule has 0 saturated heterocycles. The maximum absolute atomic E-state index is 11.9. The summed E-state index contributed by atoms with van der Waals surface area (Å²) in [5.41, 5.74) is 0.878. The van der Waals surface area contributed by atoms with Gasteiger partial charge < -0.3 is 20.2 Å². The zero-order valence-electron chi connectivity index (χ0n) is 12.6. The summed E-state index contributed by atoms with van der Waals surface area (Å²) in [5, 5.41) is 8.91. The Morgan fingerprint density at radius 2 is 2.17 bits per heavy atom. The Labute approximate surface area is 142 Å². The Balaban J connectivity index is 1.65. The average Bonchev–Trinajstić information content (AvgIpc) is 2.97. The molecule has 1 aliphatic rings. The minimum absolute atomic E-state index is 0.155. The van der Waals surface area contributed by atoms with E-state index in [1.807, 2.05) is 30.3 Å². The van der Waals surface area contributed by atoms with Crippen LogP contribution in [0, 0.1) is 0 Å². The fourth-order valence-electron chi connectivity index (χ4n) is 1.88. The Morgan fingerprint density at radius 1 is 1.43 bits per heavy atom. The van der Waals surface area contributed by atoms with Gasteiger partial charge in [-0.25, -0.2) is 4.79 Å². The second kappa shape index (κ2) is 8.52. The molecule has 0 spiro atoms. The zero-order valence-corrected chi connectivity index (χ0v) is 14.2. The molecule has 8 heteroatoms. The number of nitrogens with one attached hydrogen (secondary N) is 2. The number of rotatable bonds is 6. The molecule has 2 rings (SSSR count). The molecular weight excluding hydrogens is 366 g/mol. The summed E-state index contributed by atoms with van der Waals surface area (Å²) in [4.78, 5) is 28.7. The van der Waals surface area contributed by atoms with Gasteiger partial charge in [0.25, 0.3) is 0 Å². The van der Waals surface area contributed by atoms with Crippen LogP contribution in [0.2, 0.25) is 0 Å². The third-order valence-electron chi connectivity index (χ3n) is 3.14. The van der Waals surface area contributed by atoms with Gasteiger partial charge in [-0.1, -0.05) is 35.5 Å². The quantitative estimate of drug-likeness (QED) is 0.784. The molecule has 0 saturated carbocycles. The van der Waals surface area contributed by atoms with E-state index in [0.29, 0.717) is 17.6 Å². The molecule has 0 radical (unpaired) electrons. The predicted octanol–water partition coefficient (Wildman–Crippen LogP) is 1.91. The lowest BCUT2D eigenvalue weighted by atomic mass is 10.2. The largest absolute Gasteiger partial charge is 0.445 e. The van der Waals surface area contributed by atoms with E-state index in [1.165, 1.54) is 0 Å². The SMILES string of the molecule is C[C@H](NC(=O)OCc1ccccc1)C(=O)NCC1CC(Br)=NO1. The van der Waals surface area contributed by atoms with Gasteiger partial charge in [0.1, 0.15) is 17.3 Å². The summed E-state index contributed by atoms with van der Waals surface area (Å²) < 4.78 is 5.78. The first-order chi connectivity index (χ1) is 11.0. The summed E-state index contributed by atoms with van der Waals surface area (Å²) >= 11 is 3.22.